The maximum Gasteiger partial charge on any atom is 0.231 e. The maximum atomic E-state index is 12.8. The molecule has 0 aliphatic carbocycles. The molecular weight excluding hydrogens is 492 g/mol. The van der Waals surface area contributed by atoms with Crippen LogP contribution in [0.2, 0.25) is 0 Å². The standard InChI is InChI=1S/C29H19BrO4/c30-23-12-10-22(11-13-23)26(31)18-33-24-14-15-25-27(17-24)34-28(29(25)32)16-19-6-8-21(9-7-19)20-4-2-1-3-5-20/h1-17H,18H2/b28-16-. The third-order valence-corrected chi connectivity index (χ3v) is 6.02. The van der Waals surface area contributed by atoms with Gasteiger partial charge in [-0.15, -0.1) is 0 Å². The van der Waals surface area contributed by atoms with Gasteiger partial charge in [-0.1, -0.05) is 82.7 Å². The van der Waals surface area contributed by atoms with Crippen LogP contribution in [0.5, 0.6) is 11.5 Å². The van der Waals surface area contributed by atoms with Crippen LogP contribution in [0.25, 0.3) is 17.2 Å². The molecular formula is C29H19BrO4. The summed E-state index contributed by atoms with van der Waals surface area (Å²) in [6, 6.07) is 30.1. The Morgan fingerprint density at radius 1 is 0.853 bits per heavy atom. The molecule has 0 fully saturated rings. The molecule has 166 valence electrons. The van der Waals surface area contributed by atoms with Crippen molar-refractivity contribution >= 4 is 33.6 Å². The van der Waals surface area contributed by atoms with Gasteiger partial charge in [0.2, 0.25) is 5.78 Å². The molecule has 0 spiro atoms. The number of benzene rings is 4. The Bertz CT molecular complexity index is 1390. The number of fused-ring (bicyclic) bond motifs is 1. The van der Waals surface area contributed by atoms with E-state index in [2.05, 4.69) is 28.1 Å². The molecule has 0 aromatic heterocycles. The molecule has 5 heteroatoms. The average molecular weight is 511 g/mol. The van der Waals surface area contributed by atoms with Crippen molar-refractivity contribution in [1.29, 1.82) is 0 Å². The van der Waals surface area contributed by atoms with E-state index in [-0.39, 0.29) is 23.9 Å². The highest BCUT2D eigenvalue weighted by atomic mass is 79.9. The third kappa shape index (κ3) is 4.70. The summed E-state index contributed by atoms with van der Waals surface area (Å²) in [5, 5.41) is 0. The van der Waals surface area contributed by atoms with E-state index >= 15 is 0 Å². The number of ether oxygens (including phenoxy) is 2. The number of rotatable bonds is 6. The fourth-order valence-corrected chi connectivity index (χ4v) is 3.94. The van der Waals surface area contributed by atoms with E-state index in [1.54, 1.807) is 36.4 Å². The summed E-state index contributed by atoms with van der Waals surface area (Å²) >= 11 is 3.35. The Labute approximate surface area is 205 Å². The molecule has 0 bridgehead atoms. The van der Waals surface area contributed by atoms with Crippen molar-refractivity contribution in [3.8, 4) is 22.6 Å². The summed E-state index contributed by atoms with van der Waals surface area (Å²) < 4.78 is 12.4. The van der Waals surface area contributed by atoms with E-state index in [1.807, 2.05) is 54.6 Å². The summed E-state index contributed by atoms with van der Waals surface area (Å²) in [4.78, 5) is 25.1. The second-order valence-corrected chi connectivity index (χ2v) is 8.72. The highest BCUT2D eigenvalue weighted by molar-refractivity contribution is 9.10. The van der Waals surface area contributed by atoms with E-state index in [4.69, 9.17) is 9.47 Å². The number of ketones is 2. The lowest BCUT2D eigenvalue weighted by Gasteiger charge is -2.07. The Balaban J connectivity index is 1.27. The first-order valence-electron chi connectivity index (χ1n) is 10.7. The molecule has 0 N–H and O–H groups in total. The van der Waals surface area contributed by atoms with Crippen LogP contribution in [0.15, 0.2) is 107 Å². The molecule has 0 radical (unpaired) electrons. The molecule has 0 atom stereocenters. The zero-order chi connectivity index (χ0) is 23.5. The second kappa shape index (κ2) is 9.49. The summed E-state index contributed by atoms with van der Waals surface area (Å²) in [7, 11) is 0. The van der Waals surface area contributed by atoms with Crippen LogP contribution < -0.4 is 9.47 Å². The summed E-state index contributed by atoms with van der Waals surface area (Å²) in [6.45, 7) is -0.106. The maximum absolute atomic E-state index is 12.8. The minimum absolute atomic E-state index is 0.106. The van der Waals surface area contributed by atoms with Crippen molar-refractivity contribution in [2.75, 3.05) is 6.61 Å². The van der Waals surface area contributed by atoms with Crippen molar-refractivity contribution in [3.05, 3.63) is 124 Å². The van der Waals surface area contributed by atoms with Crippen molar-refractivity contribution in [2.45, 2.75) is 0 Å². The summed E-state index contributed by atoms with van der Waals surface area (Å²) in [5.74, 6) is 0.825. The van der Waals surface area contributed by atoms with Crippen LogP contribution in [0.4, 0.5) is 0 Å². The van der Waals surface area contributed by atoms with Gasteiger partial charge in [-0.05, 0) is 47.0 Å². The van der Waals surface area contributed by atoms with Crippen LogP contribution >= 0.6 is 15.9 Å². The zero-order valence-corrected chi connectivity index (χ0v) is 19.6. The number of Topliss-reactive ketones (excluding diaryl/α,β-unsaturated/α-hetero) is 2. The van der Waals surface area contributed by atoms with E-state index in [0.29, 0.717) is 22.6 Å². The molecule has 0 unspecified atom stereocenters. The van der Waals surface area contributed by atoms with Gasteiger partial charge in [0, 0.05) is 16.1 Å². The predicted molar refractivity (Wildman–Crippen MR) is 135 cm³/mol. The third-order valence-electron chi connectivity index (χ3n) is 5.49. The van der Waals surface area contributed by atoms with Gasteiger partial charge in [0.05, 0.1) is 5.56 Å². The number of carbonyl (C=O) groups is 2. The van der Waals surface area contributed by atoms with E-state index in [0.717, 1.165) is 21.2 Å². The van der Waals surface area contributed by atoms with Crippen LogP contribution in [0, 0.1) is 0 Å². The smallest absolute Gasteiger partial charge is 0.231 e. The first-order chi connectivity index (χ1) is 16.6. The van der Waals surface area contributed by atoms with E-state index in [9.17, 15) is 9.59 Å². The first kappa shape index (κ1) is 21.9. The fourth-order valence-electron chi connectivity index (χ4n) is 3.68. The largest absolute Gasteiger partial charge is 0.485 e. The van der Waals surface area contributed by atoms with Crippen LogP contribution in [-0.4, -0.2) is 18.2 Å². The molecule has 34 heavy (non-hydrogen) atoms. The van der Waals surface area contributed by atoms with Gasteiger partial charge in [0.25, 0.3) is 0 Å². The Morgan fingerprint density at radius 2 is 1.56 bits per heavy atom. The van der Waals surface area contributed by atoms with Crippen molar-refractivity contribution in [2.24, 2.45) is 0 Å². The minimum atomic E-state index is -0.181. The lowest BCUT2D eigenvalue weighted by atomic mass is 10.0. The number of hydrogen-bond acceptors (Lipinski definition) is 4. The predicted octanol–water partition coefficient (Wildman–Crippen LogP) is 6.99. The molecule has 0 amide bonds. The topological polar surface area (TPSA) is 52.6 Å². The zero-order valence-electron chi connectivity index (χ0n) is 18.0. The Hall–Kier alpha value is -3.96. The number of halogens is 1. The van der Waals surface area contributed by atoms with E-state index < -0.39 is 0 Å². The highest BCUT2D eigenvalue weighted by Gasteiger charge is 2.27. The molecule has 5 rings (SSSR count). The monoisotopic (exact) mass is 510 g/mol. The fraction of sp³-hybridized carbons (Fsp3) is 0.0345. The van der Waals surface area contributed by atoms with E-state index in [1.165, 1.54) is 0 Å². The van der Waals surface area contributed by atoms with Gasteiger partial charge in [-0.2, -0.15) is 0 Å². The molecule has 4 aromatic rings. The number of carbonyl (C=O) groups excluding carboxylic acids is 2. The number of allylic oxidation sites excluding steroid dienone is 1. The molecule has 1 aliphatic heterocycles. The summed E-state index contributed by atoms with van der Waals surface area (Å²) in [6.07, 6.45) is 1.73. The van der Waals surface area contributed by atoms with Crippen LogP contribution in [-0.2, 0) is 0 Å². The van der Waals surface area contributed by atoms with Crippen molar-refractivity contribution in [1.82, 2.24) is 0 Å². The lowest BCUT2D eigenvalue weighted by Crippen LogP contribution is -2.11. The Morgan fingerprint density at radius 3 is 2.29 bits per heavy atom. The molecule has 4 aromatic carbocycles. The molecule has 4 nitrogen and oxygen atoms in total. The van der Waals surface area contributed by atoms with Gasteiger partial charge in [0.15, 0.2) is 18.1 Å². The van der Waals surface area contributed by atoms with Gasteiger partial charge in [-0.3, -0.25) is 9.59 Å². The molecule has 1 heterocycles. The lowest BCUT2D eigenvalue weighted by molar-refractivity contribution is 0.0921. The van der Waals surface area contributed by atoms with Crippen molar-refractivity contribution in [3.63, 3.8) is 0 Å². The summed E-state index contributed by atoms with van der Waals surface area (Å²) in [5.41, 5.74) is 4.14. The van der Waals surface area contributed by atoms with Crippen LogP contribution in [0.1, 0.15) is 26.3 Å². The first-order valence-corrected chi connectivity index (χ1v) is 11.5. The number of hydrogen-bond donors (Lipinski definition) is 0. The van der Waals surface area contributed by atoms with Gasteiger partial charge in [0.1, 0.15) is 11.5 Å². The van der Waals surface area contributed by atoms with Crippen molar-refractivity contribution < 1.29 is 19.1 Å². The Kier molecular flexibility index (Phi) is 6.11. The normalized spacial score (nSPS) is 13.4. The second-order valence-electron chi connectivity index (χ2n) is 7.80. The quantitative estimate of drug-likeness (QED) is 0.207. The highest BCUT2D eigenvalue weighted by Crippen LogP contribution is 2.35. The SMILES string of the molecule is O=C(COc1ccc2c(c1)O/C(=C\c1ccc(-c3ccccc3)cc1)C2=O)c1ccc(Br)cc1. The minimum Gasteiger partial charge on any atom is -0.485 e. The average Bonchev–Trinajstić information content (AvgIpc) is 3.18. The van der Waals surface area contributed by atoms with Crippen LogP contribution in [0.3, 0.4) is 0 Å². The molecule has 1 aliphatic rings. The van der Waals surface area contributed by atoms with Gasteiger partial charge >= 0.3 is 0 Å². The molecule has 0 saturated carbocycles. The van der Waals surface area contributed by atoms with Gasteiger partial charge < -0.3 is 9.47 Å². The molecule has 0 saturated heterocycles. The van der Waals surface area contributed by atoms with Gasteiger partial charge in [-0.25, -0.2) is 0 Å².